The van der Waals surface area contributed by atoms with Gasteiger partial charge < -0.3 is 0 Å². The zero-order valence-electron chi connectivity index (χ0n) is 36.6. The molecule has 6 aromatic rings. The minimum absolute atomic E-state index is 0.0860. The molecule has 3 unspecified atom stereocenters. The zero-order chi connectivity index (χ0) is 42.0. The van der Waals surface area contributed by atoms with Crippen LogP contribution in [0.2, 0.25) is 0 Å². The zero-order valence-corrected chi connectivity index (χ0v) is 36.6. The van der Waals surface area contributed by atoms with Crippen LogP contribution < -0.4 is 5.22 Å². The quantitative estimate of drug-likeness (QED) is 0.115. The topological polar surface area (TPSA) is 0 Å². The summed E-state index contributed by atoms with van der Waals surface area (Å²) >= 11 is 0. The molecule has 3 aliphatic rings. The van der Waals surface area contributed by atoms with Crippen molar-refractivity contribution < 1.29 is 0 Å². The van der Waals surface area contributed by atoms with Crippen LogP contribution in [0.4, 0.5) is 0 Å². The normalized spacial score (nSPS) is 19.9. The Labute approximate surface area is 364 Å². The second-order valence-corrected chi connectivity index (χ2v) is 17.3. The summed E-state index contributed by atoms with van der Waals surface area (Å²) in [5, 5.41) is 6.91. The maximum absolute atomic E-state index is 4.42. The maximum atomic E-state index is 4.42. The summed E-state index contributed by atoms with van der Waals surface area (Å²) in [6.07, 6.45) is 28.9. The highest BCUT2D eigenvalue weighted by Gasteiger charge is 2.27. The van der Waals surface area contributed by atoms with Crippen molar-refractivity contribution in [3.8, 4) is 33.4 Å². The molecule has 3 atom stereocenters. The standard InChI is InChI=1S/C61H58/c1-7-15-42(9-3)58(39-59(52-36-41(8-2)37-52)54(11-5)56-21-12-16-40(6)53(56)10-4)46-28-24-44(25-29-46)51-20-14-19-50(38-51)43-22-26-45(27-23-43)55-34-32-49-31-30-47-17-13-18-48-33-35-57(55)61(49)60(47)48/h7,9-12,14-15,17,19-36,38-41,58H,5,8,13,16,18,37H2,1-4,6H3/b15-7-,42-9+,53-10-,56-54+,59-39+. The van der Waals surface area contributed by atoms with Crippen molar-refractivity contribution in [2.45, 2.75) is 72.6 Å². The van der Waals surface area contributed by atoms with Crippen LogP contribution in [0, 0.1) is 11.8 Å². The molecule has 9 rings (SSSR count). The highest BCUT2D eigenvalue weighted by Crippen LogP contribution is 2.44. The van der Waals surface area contributed by atoms with E-state index in [9.17, 15) is 0 Å². The van der Waals surface area contributed by atoms with Crippen molar-refractivity contribution in [1.82, 2.24) is 0 Å². The van der Waals surface area contributed by atoms with Crippen molar-refractivity contribution in [3.63, 3.8) is 0 Å². The molecule has 0 fully saturated rings. The second-order valence-electron chi connectivity index (χ2n) is 17.3. The molecule has 0 bridgehead atoms. The van der Waals surface area contributed by atoms with Gasteiger partial charge in [0, 0.05) is 5.92 Å². The molecule has 0 heteroatoms. The highest BCUT2D eigenvalue weighted by molar-refractivity contribution is 6.16. The molecule has 0 N–H and O–H groups in total. The fourth-order valence-electron chi connectivity index (χ4n) is 10.3. The number of rotatable bonds is 11. The van der Waals surface area contributed by atoms with Crippen LogP contribution in [-0.4, -0.2) is 0 Å². The summed E-state index contributed by atoms with van der Waals surface area (Å²) in [5.74, 6) is 1.21. The van der Waals surface area contributed by atoms with Gasteiger partial charge in [-0.15, -0.1) is 0 Å². The number of hydrogen-bond donors (Lipinski definition) is 0. The van der Waals surface area contributed by atoms with E-state index in [2.05, 4.69) is 211 Å². The van der Waals surface area contributed by atoms with Crippen molar-refractivity contribution in [2.24, 2.45) is 11.8 Å². The first-order chi connectivity index (χ1) is 29.9. The predicted octanol–water partition coefficient (Wildman–Crippen LogP) is 16.4. The lowest BCUT2D eigenvalue weighted by atomic mass is 9.74. The third kappa shape index (κ3) is 7.59. The fraction of sp³-hybridized carbons (Fsp3) is 0.213. The Balaban J connectivity index is 1.04. The summed E-state index contributed by atoms with van der Waals surface area (Å²) in [5.41, 5.74) is 18.2. The number of hydrogen-bond acceptors (Lipinski definition) is 0. The maximum Gasteiger partial charge on any atom is 0.0275 e. The van der Waals surface area contributed by atoms with E-state index in [0.717, 1.165) is 25.7 Å². The minimum Gasteiger partial charge on any atom is -0.0984 e. The first-order valence-electron chi connectivity index (χ1n) is 22.6. The third-order valence-electron chi connectivity index (χ3n) is 13.7. The van der Waals surface area contributed by atoms with Crippen molar-refractivity contribution >= 4 is 27.6 Å². The molecule has 3 aliphatic carbocycles. The van der Waals surface area contributed by atoms with Crippen LogP contribution in [0.25, 0.3) is 61.0 Å². The Kier molecular flexibility index (Phi) is 11.5. The molecule has 0 amide bonds. The van der Waals surface area contributed by atoms with Gasteiger partial charge >= 0.3 is 0 Å². The summed E-state index contributed by atoms with van der Waals surface area (Å²) in [7, 11) is 0. The molecule has 0 nitrogen and oxygen atoms in total. The SMILES string of the molecule is C=CC(/C(=C/C(C(/C=C\C)=C/C)c1ccc(-c2cccc(-c3ccc(-c4ccc5ccc6c7c(ccc4c57)CCC=6)cc3)c2)cc1)C1=CC(CC)C1)=C1/C=CCC(C)/C1=C/C. The van der Waals surface area contributed by atoms with Gasteiger partial charge in [0.15, 0.2) is 0 Å². The minimum atomic E-state index is 0.0860. The van der Waals surface area contributed by atoms with Gasteiger partial charge in [0.2, 0.25) is 0 Å². The van der Waals surface area contributed by atoms with Gasteiger partial charge in [-0.25, -0.2) is 0 Å². The monoisotopic (exact) mass is 790 g/mol. The van der Waals surface area contributed by atoms with E-state index >= 15 is 0 Å². The molecule has 0 saturated carbocycles. The van der Waals surface area contributed by atoms with E-state index in [4.69, 9.17) is 0 Å². The number of benzene rings is 6. The first kappa shape index (κ1) is 40.2. The van der Waals surface area contributed by atoms with Crippen LogP contribution in [0.5, 0.6) is 0 Å². The van der Waals surface area contributed by atoms with E-state index in [0.29, 0.717) is 11.8 Å². The van der Waals surface area contributed by atoms with E-state index < -0.39 is 0 Å². The molecule has 6 aromatic carbocycles. The summed E-state index contributed by atoms with van der Waals surface area (Å²) < 4.78 is 0. The molecular formula is C61H58. The molecule has 0 spiro atoms. The molecule has 61 heavy (non-hydrogen) atoms. The van der Waals surface area contributed by atoms with E-state index in [1.807, 2.05) is 0 Å². The highest BCUT2D eigenvalue weighted by atomic mass is 14.3. The predicted molar refractivity (Wildman–Crippen MR) is 266 cm³/mol. The Morgan fingerprint density at radius 1 is 0.803 bits per heavy atom. The van der Waals surface area contributed by atoms with Gasteiger partial charge in [0.1, 0.15) is 0 Å². The largest absolute Gasteiger partial charge is 0.0984 e. The molecular weight excluding hydrogens is 733 g/mol. The first-order valence-corrected chi connectivity index (χ1v) is 22.6. The number of aryl methyl sites for hydroxylation is 1. The smallest absolute Gasteiger partial charge is 0.0275 e. The van der Waals surface area contributed by atoms with Crippen LogP contribution in [0.15, 0.2) is 204 Å². The fourth-order valence-corrected chi connectivity index (χ4v) is 10.3. The molecule has 0 aliphatic heterocycles. The number of allylic oxidation sites excluding steroid dienone is 15. The van der Waals surface area contributed by atoms with E-state index in [1.54, 1.807) is 0 Å². The lowest BCUT2D eigenvalue weighted by molar-refractivity contribution is 0.565. The van der Waals surface area contributed by atoms with E-state index in [-0.39, 0.29) is 5.92 Å². The van der Waals surface area contributed by atoms with Crippen LogP contribution >= 0.6 is 0 Å². The van der Waals surface area contributed by atoms with Gasteiger partial charge in [0.25, 0.3) is 0 Å². The van der Waals surface area contributed by atoms with E-state index in [1.165, 1.54) is 111 Å². The van der Waals surface area contributed by atoms with Gasteiger partial charge in [-0.05, 0) is 175 Å². The van der Waals surface area contributed by atoms with Crippen molar-refractivity contribution in [1.29, 1.82) is 0 Å². The van der Waals surface area contributed by atoms with Crippen LogP contribution in [0.3, 0.4) is 0 Å². The molecule has 302 valence electrons. The Morgan fingerprint density at radius 2 is 1.52 bits per heavy atom. The summed E-state index contributed by atoms with van der Waals surface area (Å²) in [6.45, 7) is 15.5. The summed E-state index contributed by atoms with van der Waals surface area (Å²) in [4.78, 5) is 0. The molecule has 0 radical (unpaired) electrons. The van der Waals surface area contributed by atoms with Crippen molar-refractivity contribution in [2.75, 3.05) is 0 Å². The van der Waals surface area contributed by atoms with Crippen LogP contribution in [-0.2, 0) is 6.42 Å². The van der Waals surface area contributed by atoms with Crippen molar-refractivity contribution in [3.05, 3.63) is 220 Å². The second kappa shape index (κ2) is 17.4. The Hall–Kier alpha value is -6.24. The Morgan fingerprint density at radius 3 is 2.21 bits per heavy atom. The molecule has 0 heterocycles. The summed E-state index contributed by atoms with van der Waals surface area (Å²) in [6, 6.07) is 41.4. The third-order valence-corrected chi connectivity index (χ3v) is 13.7. The van der Waals surface area contributed by atoms with Gasteiger partial charge in [0.05, 0.1) is 0 Å². The van der Waals surface area contributed by atoms with Gasteiger partial charge in [-0.3, -0.25) is 0 Å². The Bertz CT molecular complexity index is 2930. The van der Waals surface area contributed by atoms with Gasteiger partial charge in [-0.2, -0.15) is 0 Å². The average Bonchev–Trinajstić information content (AvgIpc) is 3.29. The molecule has 0 aromatic heterocycles. The lowest BCUT2D eigenvalue weighted by Gasteiger charge is -2.31. The van der Waals surface area contributed by atoms with Gasteiger partial charge in [-0.1, -0.05) is 184 Å². The average molecular weight is 791 g/mol. The molecule has 0 saturated heterocycles. The lowest BCUT2D eigenvalue weighted by Crippen LogP contribution is -2.15. The van der Waals surface area contributed by atoms with Crippen LogP contribution in [0.1, 0.15) is 77.3 Å².